The number of nitrogens with zero attached hydrogens (tertiary/aromatic N) is 3. The van der Waals surface area contributed by atoms with Gasteiger partial charge in [0.15, 0.2) is 0 Å². The summed E-state index contributed by atoms with van der Waals surface area (Å²) in [6.45, 7) is 3.38. The van der Waals surface area contributed by atoms with Crippen LogP contribution in [0.2, 0.25) is 0 Å². The first-order valence-corrected chi connectivity index (χ1v) is 8.26. The van der Waals surface area contributed by atoms with Gasteiger partial charge in [0.25, 0.3) is 5.89 Å². The Bertz CT molecular complexity index is 808. The van der Waals surface area contributed by atoms with Crippen molar-refractivity contribution in [3.63, 3.8) is 0 Å². The second-order valence-electron chi connectivity index (χ2n) is 5.39. The fourth-order valence-electron chi connectivity index (χ4n) is 2.37. The molecule has 0 spiro atoms. The van der Waals surface area contributed by atoms with Crippen LogP contribution in [0.4, 0.5) is 0 Å². The van der Waals surface area contributed by atoms with E-state index in [0.29, 0.717) is 24.3 Å². The standard InChI is InChI=1S/C16H15N3O3S/c1-10-6-13(23-9-10)16-19-18-15(22-16)11-2-4-17-14(7-11)21-12-3-5-20-8-12/h2,4,6-7,9,12H,3,5,8H2,1H3. The lowest BCUT2D eigenvalue weighted by atomic mass is 10.2. The first kappa shape index (κ1) is 14.3. The fourth-order valence-corrected chi connectivity index (χ4v) is 3.18. The van der Waals surface area contributed by atoms with Crippen LogP contribution in [0.5, 0.6) is 5.88 Å². The third-order valence-corrected chi connectivity index (χ3v) is 4.56. The van der Waals surface area contributed by atoms with Gasteiger partial charge >= 0.3 is 0 Å². The maximum absolute atomic E-state index is 5.81. The molecule has 1 unspecified atom stereocenters. The summed E-state index contributed by atoms with van der Waals surface area (Å²) in [7, 11) is 0. The van der Waals surface area contributed by atoms with Crippen LogP contribution >= 0.6 is 11.3 Å². The molecule has 1 aliphatic rings. The second-order valence-corrected chi connectivity index (χ2v) is 6.30. The zero-order valence-corrected chi connectivity index (χ0v) is 13.4. The van der Waals surface area contributed by atoms with Crippen molar-refractivity contribution in [3.05, 3.63) is 35.3 Å². The lowest BCUT2D eigenvalue weighted by Gasteiger charge is -2.10. The molecule has 4 rings (SSSR count). The van der Waals surface area contributed by atoms with Gasteiger partial charge in [0.2, 0.25) is 11.8 Å². The molecule has 0 aliphatic carbocycles. The van der Waals surface area contributed by atoms with Crippen molar-refractivity contribution in [2.24, 2.45) is 0 Å². The molecule has 23 heavy (non-hydrogen) atoms. The Morgan fingerprint density at radius 1 is 1.26 bits per heavy atom. The van der Waals surface area contributed by atoms with E-state index >= 15 is 0 Å². The van der Waals surface area contributed by atoms with Gasteiger partial charge in [-0.1, -0.05) is 0 Å². The summed E-state index contributed by atoms with van der Waals surface area (Å²) < 4.78 is 16.9. The van der Waals surface area contributed by atoms with E-state index in [4.69, 9.17) is 13.9 Å². The maximum atomic E-state index is 5.81. The molecule has 0 radical (unpaired) electrons. The number of aromatic nitrogens is 3. The van der Waals surface area contributed by atoms with Gasteiger partial charge in [0, 0.05) is 24.2 Å². The molecule has 6 nitrogen and oxygen atoms in total. The van der Waals surface area contributed by atoms with E-state index in [1.165, 1.54) is 5.56 Å². The number of hydrogen-bond acceptors (Lipinski definition) is 7. The Labute approximate surface area is 137 Å². The molecule has 1 aliphatic heterocycles. The molecule has 3 aromatic heterocycles. The van der Waals surface area contributed by atoms with Crippen molar-refractivity contribution >= 4 is 11.3 Å². The first-order valence-electron chi connectivity index (χ1n) is 7.38. The molecule has 0 saturated carbocycles. The largest absolute Gasteiger partial charge is 0.472 e. The number of thiophene rings is 1. The van der Waals surface area contributed by atoms with Crippen LogP contribution in [0.1, 0.15) is 12.0 Å². The molecule has 1 atom stereocenters. The lowest BCUT2D eigenvalue weighted by molar-refractivity contribution is 0.138. The molecule has 0 aromatic carbocycles. The van der Waals surface area contributed by atoms with Gasteiger partial charge in [0.05, 0.1) is 18.1 Å². The second kappa shape index (κ2) is 6.10. The van der Waals surface area contributed by atoms with Crippen LogP contribution in [-0.2, 0) is 4.74 Å². The molecule has 1 fully saturated rings. The molecule has 0 amide bonds. The Balaban J connectivity index is 1.57. The minimum absolute atomic E-state index is 0.0603. The predicted octanol–water partition coefficient (Wildman–Crippen LogP) is 3.34. The average Bonchev–Trinajstić information content (AvgIpc) is 3.28. The average molecular weight is 329 g/mol. The summed E-state index contributed by atoms with van der Waals surface area (Å²) >= 11 is 1.59. The van der Waals surface area contributed by atoms with E-state index in [-0.39, 0.29) is 6.10 Å². The van der Waals surface area contributed by atoms with Gasteiger partial charge in [-0.05, 0) is 30.0 Å². The zero-order valence-electron chi connectivity index (χ0n) is 12.6. The molecule has 4 heterocycles. The van der Waals surface area contributed by atoms with Crippen molar-refractivity contribution in [3.8, 4) is 28.1 Å². The van der Waals surface area contributed by atoms with Crippen LogP contribution in [0.3, 0.4) is 0 Å². The van der Waals surface area contributed by atoms with E-state index in [9.17, 15) is 0 Å². The van der Waals surface area contributed by atoms with Gasteiger partial charge in [-0.15, -0.1) is 21.5 Å². The van der Waals surface area contributed by atoms with Crippen LogP contribution in [0.25, 0.3) is 22.2 Å². The van der Waals surface area contributed by atoms with E-state index in [2.05, 4.69) is 20.6 Å². The van der Waals surface area contributed by atoms with Crippen molar-refractivity contribution < 1.29 is 13.9 Å². The van der Waals surface area contributed by atoms with Crippen LogP contribution in [0.15, 0.2) is 34.2 Å². The van der Waals surface area contributed by atoms with Crippen molar-refractivity contribution in [2.75, 3.05) is 13.2 Å². The summed E-state index contributed by atoms with van der Waals surface area (Å²) in [6, 6.07) is 5.67. The first-order chi connectivity index (χ1) is 11.3. The quantitative estimate of drug-likeness (QED) is 0.731. The van der Waals surface area contributed by atoms with Crippen molar-refractivity contribution in [2.45, 2.75) is 19.4 Å². The highest BCUT2D eigenvalue weighted by atomic mass is 32.1. The third-order valence-electron chi connectivity index (χ3n) is 3.52. The summed E-state index contributed by atoms with van der Waals surface area (Å²) in [4.78, 5) is 5.20. The smallest absolute Gasteiger partial charge is 0.258 e. The van der Waals surface area contributed by atoms with Crippen LogP contribution < -0.4 is 4.74 Å². The Hall–Kier alpha value is -2.25. The predicted molar refractivity (Wildman–Crippen MR) is 85.4 cm³/mol. The van der Waals surface area contributed by atoms with E-state index in [0.717, 1.165) is 23.5 Å². The van der Waals surface area contributed by atoms with E-state index in [1.807, 2.05) is 25.1 Å². The highest BCUT2D eigenvalue weighted by Crippen LogP contribution is 2.29. The summed E-state index contributed by atoms with van der Waals surface area (Å²) in [6.07, 6.45) is 2.62. The maximum Gasteiger partial charge on any atom is 0.258 e. The number of rotatable bonds is 4. The van der Waals surface area contributed by atoms with Gasteiger partial charge in [-0.25, -0.2) is 4.98 Å². The Kier molecular flexibility index (Phi) is 3.80. The summed E-state index contributed by atoms with van der Waals surface area (Å²) in [5.74, 6) is 1.53. The van der Waals surface area contributed by atoms with Gasteiger partial charge in [-0.2, -0.15) is 0 Å². The van der Waals surface area contributed by atoms with E-state index < -0.39 is 0 Å². The van der Waals surface area contributed by atoms with Gasteiger partial charge in [0.1, 0.15) is 6.10 Å². The Morgan fingerprint density at radius 3 is 2.96 bits per heavy atom. The summed E-state index contributed by atoms with van der Waals surface area (Å²) in [5.41, 5.74) is 1.98. The third kappa shape index (κ3) is 3.11. The minimum Gasteiger partial charge on any atom is -0.472 e. The lowest BCUT2D eigenvalue weighted by Crippen LogP contribution is -2.16. The number of pyridine rings is 1. The fraction of sp³-hybridized carbons (Fsp3) is 0.312. The van der Waals surface area contributed by atoms with Crippen LogP contribution in [-0.4, -0.2) is 34.5 Å². The van der Waals surface area contributed by atoms with E-state index in [1.54, 1.807) is 17.5 Å². The number of ether oxygens (including phenoxy) is 2. The molecule has 0 bridgehead atoms. The number of aryl methyl sites for hydroxylation is 1. The van der Waals surface area contributed by atoms with Crippen molar-refractivity contribution in [1.82, 2.24) is 15.2 Å². The zero-order chi connectivity index (χ0) is 15.6. The molecule has 7 heteroatoms. The highest BCUT2D eigenvalue weighted by Gasteiger charge is 2.18. The van der Waals surface area contributed by atoms with Gasteiger partial charge < -0.3 is 13.9 Å². The molecular weight excluding hydrogens is 314 g/mol. The topological polar surface area (TPSA) is 70.3 Å². The normalized spacial score (nSPS) is 17.5. The highest BCUT2D eigenvalue weighted by molar-refractivity contribution is 7.13. The molecule has 0 N–H and O–H groups in total. The molecular formula is C16H15N3O3S. The minimum atomic E-state index is 0.0603. The van der Waals surface area contributed by atoms with Crippen LogP contribution in [0, 0.1) is 6.92 Å². The Morgan fingerprint density at radius 2 is 2.17 bits per heavy atom. The molecule has 118 valence electrons. The summed E-state index contributed by atoms with van der Waals surface area (Å²) in [5, 5.41) is 10.3. The van der Waals surface area contributed by atoms with Gasteiger partial charge in [-0.3, -0.25) is 0 Å². The SMILES string of the molecule is Cc1csc(-c2nnc(-c3ccnc(OC4CCOC4)c3)o2)c1. The number of hydrogen-bond donors (Lipinski definition) is 0. The monoisotopic (exact) mass is 329 g/mol. The molecule has 3 aromatic rings. The molecule has 1 saturated heterocycles. The van der Waals surface area contributed by atoms with Crippen molar-refractivity contribution in [1.29, 1.82) is 0 Å².